The molecule has 0 spiro atoms. The smallest absolute Gasteiger partial charge is 0.418 e. The van der Waals surface area contributed by atoms with Crippen LogP contribution in [0.3, 0.4) is 0 Å². The quantitative estimate of drug-likeness (QED) is 0.665. The van der Waals surface area contributed by atoms with Gasteiger partial charge in [0, 0.05) is 22.7 Å². The first kappa shape index (κ1) is 17.7. The zero-order valence-electron chi connectivity index (χ0n) is 14.3. The van der Waals surface area contributed by atoms with Gasteiger partial charge in [0.15, 0.2) is 0 Å². The lowest BCUT2D eigenvalue weighted by Crippen LogP contribution is -2.13. The minimum atomic E-state index is -4.48. The monoisotopic (exact) mass is 393 g/mol. The van der Waals surface area contributed by atoms with Crippen LogP contribution in [-0.2, 0) is 12.6 Å². The Labute approximate surface area is 158 Å². The lowest BCUT2D eigenvalue weighted by atomic mass is 10.1. The number of nitrogens with zero attached hydrogens (tertiary/aromatic N) is 2. The van der Waals surface area contributed by atoms with Crippen LogP contribution < -0.4 is 10.1 Å². The van der Waals surface area contributed by atoms with Crippen LogP contribution in [-0.4, -0.2) is 23.4 Å². The Bertz CT molecular complexity index is 1010. The molecule has 1 aromatic heterocycles. The molecule has 0 fully saturated rings. The molecule has 2 aromatic carbocycles. The number of halogens is 4. The van der Waals surface area contributed by atoms with Crippen molar-refractivity contribution in [2.75, 3.05) is 19.0 Å². The van der Waals surface area contributed by atoms with E-state index in [1.807, 2.05) is 0 Å². The number of alkyl halides is 3. The van der Waals surface area contributed by atoms with Crippen LogP contribution in [0.4, 0.5) is 19.0 Å². The van der Waals surface area contributed by atoms with Crippen molar-refractivity contribution < 1.29 is 17.9 Å². The molecule has 3 aromatic rings. The second-order valence-electron chi connectivity index (χ2n) is 6.12. The Morgan fingerprint density at radius 3 is 2.70 bits per heavy atom. The van der Waals surface area contributed by atoms with Crippen LogP contribution in [0.2, 0.25) is 5.02 Å². The molecule has 140 valence electrons. The Morgan fingerprint density at radius 1 is 1.19 bits per heavy atom. The highest BCUT2D eigenvalue weighted by atomic mass is 35.5. The highest BCUT2D eigenvalue weighted by Crippen LogP contribution is 2.41. The van der Waals surface area contributed by atoms with E-state index < -0.39 is 11.7 Å². The molecule has 0 bridgehead atoms. The number of methoxy groups -OCH3 is 1. The maximum absolute atomic E-state index is 13.5. The average molecular weight is 394 g/mol. The Morgan fingerprint density at radius 2 is 1.96 bits per heavy atom. The standard InChI is InChI=1S/C19H15ClF3N3O/c1-27-16-7-6-11(20)10-13(16)17-12-8-9-24-18(12)26(25-17)15-5-3-2-4-14(15)19(21,22)23/h2-7,10,24H,8-9H2,1H3. The number of nitrogens with one attached hydrogen (secondary N) is 1. The predicted molar refractivity (Wildman–Crippen MR) is 97.8 cm³/mol. The number of ether oxygens (including phenoxy) is 1. The Balaban J connectivity index is 1.96. The fraction of sp³-hybridized carbons (Fsp3) is 0.211. The maximum Gasteiger partial charge on any atom is 0.418 e. The SMILES string of the molecule is COc1ccc(Cl)cc1-c1nn(-c2ccccc2C(F)(F)F)c2c1CCN2. The predicted octanol–water partition coefficient (Wildman–Crippen LogP) is 5.19. The summed E-state index contributed by atoms with van der Waals surface area (Å²) in [6, 6.07) is 10.5. The third-order valence-corrected chi connectivity index (χ3v) is 4.74. The van der Waals surface area contributed by atoms with E-state index in [4.69, 9.17) is 16.3 Å². The second kappa shape index (κ2) is 6.49. The van der Waals surface area contributed by atoms with Gasteiger partial charge in [-0.2, -0.15) is 18.3 Å². The van der Waals surface area contributed by atoms with Crippen LogP contribution >= 0.6 is 11.6 Å². The number of rotatable bonds is 3. The fourth-order valence-electron chi connectivity index (χ4n) is 3.33. The van der Waals surface area contributed by atoms with Gasteiger partial charge in [0.05, 0.1) is 18.4 Å². The summed E-state index contributed by atoms with van der Waals surface area (Å²) in [7, 11) is 1.53. The molecule has 27 heavy (non-hydrogen) atoms. The summed E-state index contributed by atoms with van der Waals surface area (Å²) in [4.78, 5) is 0. The lowest BCUT2D eigenvalue weighted by molar-refractivity contribution is -0.137. The van der Waals surface area contributed by atoms with Gasteiger partial charge >= 0.3 is 6.18 Å². The zero-order chi connectivity index (χ0) is 19.2. The maximum atomic E-state index is 13.5. The molecule has 0 saturated carbocycles. The van der Waals surface area contributed by atoms with Gasteiger partial charge in [0.2, 0.25) is 0 Å². The molecule has 1 aliphatic rings. The number of hydrogen-bond donors (Lipinski definition) is 1. The van der Waals surface area contributed by atoms with Crippen molar-refractivity contribution in [3.63, 3.8) is 0 Å². The fourth-order valence-corrected chi connectivity index (χ4v) is 3.50. The first-order chi connectivity index (χ1) is 12.9. The molecule has 1 N–H and O–H groups in total. The van der Waals surface area contributed by atoms with E-state index in [1.54, 1.807) is 24.3 Å². The van der Waals surface area contributed by atoms with Crippen LogP contribution in [0, 0.1) is 0 Å². The molecule has 0 aliphatic carbocycles. The summed E-state index contributed by atoms with van der Waals surface area (Å²) < 4.78 is 47.2. The highest BCUT2D eigenvalue weighted by Gasteiger charge is 2.35. The molecule has 0 saturated heterocycles. The molecule has 4 rings (SSSR count). The number of benzene rings is 2. The van der Waals surface area contributed by atoms with Gasteiger partial charge in [-0.05, 0) is 36.8 Å². The van der Waals surface area contributed by atoms with Crippen molar-refractivity contribution in [1.29, 1.82) is 0 Å². The van der Waals surface area contributed by atoms with Crippen molar-refractivity contribution in [2.24, 2.45) is 0 Å². The van der Waals surface area contributed by atoms with E-state index in [0.29, 0.717) is 40.8 Å². The van der Waals surface area contributed by atoms with Crippen molar-refractivity contribution in [2.45, 2.75) is 12.6 Å². The van der Waals surface area contributed by atoms with Crippen LogP contribution in [0.15, 0.2) is 42.5 Å². The normalized spacial score (nSPS) is 13.4. The van der Waals surface area contributed by atoms with Crippen molar-refractivity contribution in [1.82, 2.24) is 9.78 Å². The molecule has 0 amide bonds. The number of hydrogen-bond acceptors (Lipinski definition) is 3. The van der Waals surface area contributed by atoms with E-state index in [0.717, 1.165) is 11.6 Å². The third kappa shape index (κ3) is 3.02. The largest absolute Gasteiger partial charge is 0.496 e. The van der Waals surface area contributed by atoms with Crippen molar-refractivity contribution in [3.8, 4) is 22.7 Å². The minimum absolute atomic E-state index is 0.0251. The summed E-state index contributed by atoms with van der Waals surface area (Å²) in [5.74, 6) is 1.12. The van der Waals surface area contributed by atoms with Crippen molar-refractivity contribution >= 4 is 17.4 Å². The number of aromatic nitrogens is 2. The summed E-state index contributed by atoms with van der Waals surface area (Å²) in [6.07, 6.45) is -3.84. The number of anilines is 1. The summed E-state index contributed by atoms with van der Waals surface area (Å²) in [6.45, 7) is 0.622. The van der Waals surface area contributed by atoms with E-state index in [2.05, 4.69) is 10.4 Å². The van der Waals surface area contributed by atoms with E-state index in [9.17, 15) is 13.2 Å². The van der Waals surface area contributed by atoms with Gasteiger partial charge in [0.25, 0.3) is 0 Å². The molecular weight excluding hydrogens is 379 g/mol. The Kier molecular flexibility index (Phi) is 4.26. The summed E-state index contributed by atoms with van der Waals surface area (Å²) in [5, 5.41) is 8.16. The Hall–Kier alpha value is -2.67. The van der Waals surface area contributed by atoms with Gasteiger partial charge < -0.3 is 10.1 Å². The highest BCUT2D eigenvalue weighted by molar-refractivity contribution is 6.31. The molecule has 0 unspecified atom stereocenters. The van der Waals surface area contributed by atoms with Gasteiger partial charge in [0.1, 0.15) is 17.3 Å². The molecule has 1 aliphatic heterocycles. The van der Waals surface area contributed by atoms with E-state index in [-0.39, 0.29) is 5.69 Å². The number of para-hydroxylation sites is 1. The second-order valence-corrected chi connectivity index (χ2v) is 6.56. The molecule has 4 nitrogen and oxygen atoms in total. The molecule has 2 heterocycles. The lowest BCUT2D eigenvalue weighted by Gasteiger charge is -2.14. The third-order valence-electron chi connectivity index (χ3n) is 4.51. The van der Waals surface area contributed by atoms with E-state index >= 15 is 0 Å². The molecule has 0 atom stereocenters. The molecule has 8 heteroatoms. The zero-order valence-corrected chi connectivity index (χ0v) is 15.0. The summed E-state index contributed by atoms with van der Waals surface area (Å²) >= 11 is 6.13. The first-order valence-electron chi connectivity index (χ1n) is 8.26. The van der Waals surface area contributed by atoms with Gasteiger partial charge in [-0.15, -0.1) is 0 Å². The van der Waals surface area contributed by atoms with Crippen LogP contribution in [0.25, 0.3) is 16.9 Å². The van der Waals surface area contributed by atoms with Crippen LogP contribution in [0.5, 0.6) is 5.75 Å². The molecule has 0 radical (unpaired) electrons. The van der Waals surface area contributed by atoms with Gasteiger partial charge in [-0.3, -0.25) is 0 Å². The molecular formula is C19H15ClF3N3O. The van der Waals surface area contributed by atoms with Gasteiger partial charge in [-0.1, -0.05) is 23.7 Å². The van der Waals surface area contributed by atoms with Gasteiger partial charge in [-0.25, -0.2) is 4.68 Å². The minimum Gasteiger partial charge on any atom is -0.496 e. The first-order valence-corrected chi connectivity index (χ1v) is 8.64. The van der Waals surface area contributed by atoms with E-state index in [1.165, 1.54) is 23.9 Å². The number of fused-ring (bicyclic) bond motifs is 1. The van der Waals surface area contributed by atoms with Crippen molar-refractivity contribution in [3.05, 3.63) is 58.6 Å². The van der Waals surface area contributed by atoms with Crippen LogP contribution in [0.1, 0.15) is 11.1 Å². The summed E-state index contributed by atoms with van der Waals surface area (Å²) in [5.41, 5.74) is 1.28. The topological polar surface area (TPSA) is 39.1 Å². The average Bonchev–Trinajstić information content (AvgIpc) is 3.23.